The molecule has 63 heavy (non-hydrogen) atoms. The van der Waals surface area contributed by atoms with Crippen LogP contribution in [0.3, 0.4) is 0 Å². The van der Waals surface area contributed by atoms with Crippen LogP contribution in [-0.4, -0.2) is 84.0 Å². The van der Waals surface area contributed by atoms with Crippen molar-refractivity contribution in [2.75, 3.05) is 14.2 Å². The molecule has 0 aliphatic heterocycles. The summed E-state index contributed by atoms with van der Waals surface area (Å²) in [6.07, 6.45) is 0. The van der Waals surface area contributed by atoms with E-state index in [1.54, 1.807) is 0 Å². The second-order valence-corrected chi connectivity index (χ2v) is 15.3. The SMILES string of the molecule is COc1cc(O)c(-c2c(C)cc(O)c3c2C(=O)c2ccc(C4c5cccc(O)c5C(=O)c5c(O)cc(C)c(-c6c(O)cc(OC)c(C(C)=O)c6O)c54)c(O)c2C3=O)c(O)c1C(C)=O. The molecule has 8 N–H and O–H groups in total. The Kier molecular flexibility index (Phi) is 9.47. The highest BCUT2D eigenvalue weighted by Crippen LogP contribution is 2.57. The molecule has 0 heterocycles. The van der Waals surface area contributed by atoms with E-state index in [2.05, 4.69) is 0 Å². The van der Waals surface area contributed by atoms with E-state index in [4.69, 9.17) is 9.47 Å². The average molecular weight is 853 g/mol. The number of ether oxygens (including phenoxy) is 2. The van der Waals surface area contributed by atoms with Crippen LogP contribution in [0.1, 0.15) is 116 Å². The van der Waals surface area contributed by atoms with Gasteiger partial charge in [-0.3, -0.25) is 24.0 Å². The molecule has 15 heteroatoms. The third kappa shape index (κ3) is 5.69. The molecule has 0 fully saturated rings. The minimum Gasteiger partial charge on any atom is -0.507 e. The van der Waals surface area contributed by atoms with Gasteiger partial charge in [-0.05, 0) is 79.8 Å². The molecule has 1 unspecified atom stereocenters. The number of aryl methyl sites for hydroxylation is 2. The van der Waals surface area contributed by atoms with Gasteiger partial charge in [-0.15, -0.1) is 0 Å². The maximum atomic E-state index is 14.8. The fraction of sp³-hybridized carbons (Fsp3) is 0.146. The van der Waals surface area contributed by atoms with Gasteiger partial charge in [0.25, 0.3) is 0 Å². The summed E-state index contributed by atoms with van der Waals surface area (Å²) in [4.78, 5) is 69.5. The first-order chi connectivity index (χ1) is 29.8. The molecule has 0 aromatic heterocycles. The van der Waals surface area contributed by atoms with E-state index >= 15 is 0 Å². The minimum absolute atomic E-state index is 0.0238. The van der Waals surface area contributed by atoms with Crippen LogP contribution in [0.5, 0.6) is 57.5 Å². The maximum Gasteiger partial charge on any atom is 0.202 e. The largest absolute Gasteiger partial charge is 0.507 e. The third-order valence-corrected chi connectivity index (χ3v) is 11.8. The molecule has 6 aromatic carbocycles. The smallest absolute Gasteiger partial charge is 0.202 e. The first-order valence-electron chi connectivity index (χ1n) is 19.1. The first kappa shape index (κ1) is 41.4. The van der Waals surface area contributed by atoms with Crippen LogP contribution in [0.25, 0.3) is 22.3 Å². The number of methoxy groups -OCH3 is 2. The van der Waals surface area contributed by atoms with Gasteiger partial charge in [0.1, 0.15) is 68.6 Å². The number of benzene rings is 6. The standard InChI is InChI=1S/C48H36O15/c1-16-12-24(52)39-41(30(16)37-26(54)14-28(62-5)32(18(3)49)45(37)58)34(20-8-7-9-23(51)35(20)47(39)60)21-10-11-22-36(43(21)56)48(61)40-25(53)13-17(2)31(42(40)44(22)57)38-27(55)15-29(63-6)33(19(4)50)46(38)59/h7-15,34,51-56,58-59H,1-6H3. The molecule has 318 valence electrons. The molecule has 6 aromatic rings. The molecule has 0 spiro atoms. The number of carbonyl (C=O) groups is 5. The van der Waals surface area contributed by atoms with Gasteiger partial charge in [0.2, 0.25) is 11.6 Å². The van der Waals surface area contributed by atoms with Crippen molar-refractivity contribution in [3.63, 3.8) is 0 Å². The summed E-state index contributed by atoms with van der Waals surface area (Å²) in [5.74, 6) is -11.5. The molecule has 1 atom stereocenters. The van der Waals surface area contributed by atoms with Crippen molar-refractivity contribution in [1.82, 2.24) is 0 Å². The van der Waals surface area contributed by atoms with Gasteiger partial charge in [-0.2, -0.15) is 0 Å². The lowest BCUT2D eigenvalue weighted by atomic mass is 9.69. The predicted molar refractivity (Wildman–Crippen MR) is 224 cm³/mol. The number of rotatable bonds is 7. The monoisotopic (exact) mass is 852 g/mol. The van der Waals surface area contributed by atoms with Gasteiger partial charge in [-0.1, -0.05) is 18.2 Å². The van der Waals surface area contributed by atoms with Crippen molar-refractivity contribution in [3.8, 4) is 79.7 Å². The molecule has 0 radical (unpaired) electrons. The zero-order valence-corrected chi connectivity index (χ0v) is 34.2. The molecular formula is C48H36O15. The lowest BCUT2D eigenvalue weighted by Crippen LogP contribution is -2.25. The number of phenolic OH excluding ortho intramolecular Hbond substituents is 8. The zero-order valence-electron chi connectivity index (χ0n) is 34.2. The van der Waals surface area contributed by atoms with Gasteiger partial charge >= 0.3 is 0 Å². The van der Waals surface area contributed by atoms with Crippen LogP contribution in [0, 0.1) is 13.8 Å². The average Bonchev–Trinajstić information content (AvgIpc) is 3.20. The maximum absolute atomic E-state index is 14.8. The number of Topliss-reactive ketones (excluding diaryl/α,β-unsaturated/α-hetero) is 2. The van der Waals surface area contributed by atoms with E-state index in [1.807, 2.05) is 0 Å². The summed E-state index contributed by atoms with van der Waals surface area (Å²) in [5.41, 5.74) is -4.63. The van der Waals surface area contributed by atoms with Gasteiger partial charge < -0.3 is 50.3 Å². The highest BCUT2D eigenvalue weighted by atomic mass is 16.5. The van der Waals surface area contributed by atoms with Crippen molar-refractivity contribution in [2.24, 2.45) is 0 Å². The van der Waals surface area contributed by atoms with Gasteiger partial charge in [-0.25, -0.2) is 0 Å². The van der Waals surface area contributed by atoms with Crippen LogP contribution in [0.2, 0.25) is 0 Å². The van der Waals surface area contributed by atoms with Crippen molar-refractivity contribution < 1.29 is 74.3 Å². The number of hydrogen-bond acceptors (Lipinski definition) is 15. The van der Waals surface area contributed by atoms with E-state index in [0.717, 1.165) is 32.0 Å². The van der Waals surface area contributed by atoms with Crippen LogP contribution in [0.4, 0.5) is 0 Å². The number of aromatic hydroxyl groups is 8. The lowest BCUT2D eigenvalue weighted by molar-refractivity contribution is 0.0974. The number of hydrogen-bond donors (Lipinski definition) is 8. The Morgan fingerprint density at radius 2 is 0.968 bits per heavy atom. The Balaban J connectivity index is 1.44. The van der Waals surface area contributed by atoms with Crippen molar-refractivity contribution >= 4 is 28.9 Å². The second kappa shape index (κ2) is 14.4. The Labute approximate surface area is 356 Å². The van der Waals surface area contributed by atoms with Gasteiger partial charge in [0, 0.05) is 40.3 Å². The summed E-state index contributed by atoms with van der Waals surface area (Å²) in [6.45, 7) is 5.21. The fourth-order valence-electron chi connectivity index (χ4n) is 9.19. The van der Waals surface area contributed by atoms with E-state index in [-0.39, 0.29) is 72.7 Å². The molecule has 2 aliphatic carbocycles. The van der Waals surface area contributed by atoms with Crippen molar-refractivity contribution in [3.05, 3.63) is 127 Å². The molecular weight excluding hydrogens is 817 g/mol. The summed E-state index contributed by atoms with van der Waals surface area (Å²) in [6, 6.07) is 10.9. The second-order valence-electron chi connectivity index (χ2n) is 15.3. The fourth-order valence-corrected chi connectivity index (χ4v) is 9.19. The van der Waals surface area contributed by atoms with Crippen LogP contribution in [0.15, 0.2) is 54.6 Å². The van der Waals surface area contributed by atoms with E-state index in [0.29, 0.717) is 0 Å². The Morgan fingerprint density at radius 1 is 0.476 bits per heavy atom. The molecule has 2 aliphatic rings. The lowest BCUT2D eigenvalue weighted by Gasteiger charge is -2.33. The summed E-state index contributed by atoms with van der Waals surface area (Å²) in [7, 11) is 2.43. The Bertz CT molecular complexity index is 3160. The van der Waals surface area contributed by atoms with Gasteiger partial charge in [0.05, 0.1) is 47.6 Å². The highest BCUT2D eigenvalue weighted by molar-refractivity contribution is 6.33. The molecule has 15 nitrogen and oxygen atoms in total. The summed E-state index contributed by atoms with van der Waals surface area (Å²) < 4.78 is 10.5. The van der Waals surface area contributed by atoms with E-state index in [9.17, 15) is 64.8 Å². The highest BCUT2D eigenvalue weighted by Gasteiger charge is 2.44. The Hall–Kier alpha value is -8.33. The Morgan fingerprint density at radius 3 is 1.51 bits per heavy atom. The van der Waals surface area contributed by atoms with E-state index in [1.165, 1.54) is 64.5 Å². The summed E-state index contributed by atoms with van der Waals surface area (Å²) in [5, 5.41) is 92.3. The predicted octanol–water partition coefficient (Wildman–Crippen LogP) is 7.20. The molecule has 0 saturated heterocycles. The molecule has 0 amide bonds. The van der Waals surface area contributed by atoms with Crippen LogP contribution >= 0.6 is 0 Å². The van der Waals surface area contributed by atoms with Crippen molar-refractivity contribution in [2.45, 2.75) is 33.6 Å². The topological polar surface area (TPSA) is 266 Å². The first-order valence-corrected chi connectivity index (χ1v) is 19.1. The number of ketones is 5. The molecule has 0 saturated carbocycles. The number of phenols is 8. The molecule has 0 bridgehead atoms. The third-order valence-electron chi connectivity index (χ3n) is 11.8. The van der Waals surface area contributed by atoms with Crippen molar-refractivity contribution in [1.29, 1.82) is 0 Å². The van der Waals surface area contributed by atoms with Gasteiger partial charge in [0.15, 0.2) is 17.3 Å². The normalized spacial score (nSPS) is 13.8. The zero-order chi connectivity index (χ0) is 45.8. The number of fused-ring (bicyclic) bond motifs is 4. The van der Waals surface area contributed by atoms with Crippen LogP contribution in [-0.2, 0) is 0 Å². The van der Waals surface area contributed by atoms with Crippen LogP contribution < -0.4 is 9.47 Å². The van der Waals surface area contributed by atoms with E-state index < -0.39 is 114 Å². The quantitative estimate of drug-likeness (QED) is 0.0737. The molecule has 8 rings (SSSR count). The number of carbonyl (C=O) groups excluding carboxylic acids is 5. The summed E-state index contributed by atoms with van der Waals surface area (Å²) >= 11 is 0. The minimum atomic E-state index is -1.45.